The Bertz CT molecular complexity index is 1100. The number of carbonyl (C=O) groups excluding carboxylic acids is 2. The van der Waals surface area contributed by atoms with Crippen LogP contribution in [0.4, 0.5) is 10.5 Å². The van der Waals surface area contributed by atoms with Crippen molar-refractivity contribution in [2.24, 2.45) is 5.92 Å². The second-order valence-corrected chi connectivity index (χ2v) is 10.6. The molecule has 190 valence electrons. The molecule has 6 nitrogen and oxygen atoms in total. The van der Waals surface area contributed by atoms with Gasteiger partial charge in [0.1, 0.15) is 17.4 Å². The molecule has 0 spiro atoms. The number of hydrogen-bond donors (Lipinski definition) is 1. The van der Waals surface area contributed by atoms with Gasteiger partial charge >= 0.3 is 6.09 Å². The highest BCUT2D eigenvalue weighted by molar-refractivity contribution is 5.96. The van der Waals surface area contributed by atoms with Crippen molar-refractivity contribution in [2.45, 2.75) is 70.9 Å². The van der Waals surface area contributed by atoms with Gasteiger partial charge in [-0.25, -0.2) is 4.79 Å². The van der Waals surface area contributed by atoms with Crippen molar-refractivity contribution < 1.29 is 19.1 Å². The highest BCUT2D eigenvalue weighted by atomic mass is 16.6. The zero-order valence-electron chi connectivity index (χ0n) is 21.5. The Morgan fingerprint density at radius 2 is 1.53 bits per heavy atom. The molecule has 1 atom stereocenters. The first-order chi connectivity index (χ1) is 17.3. The minimum absolute atomic E-state index is 0.201. The predicted molar refractivity (Wildman–Crippen MR) is 141 cm³/mol. The molecule has 1 saturated heterocycles. The summed E-state index contributed by atoms with van der Waals surface area (Å²) in [5, 5.41) is 2.92. The first-order valence-corrected chi connectivity index (χ1v) is 12.9. The molecule has 2 aliphatic rings. The smallest absolute Gasteiger partial charge is 0.410 e. The van der Waals surface area contributed by atoms with E-state index in [1.807, 2.05) is 69.3 Å². The van der Waals surface area contributed by atoms with E-state index in [-0.39, 0.29) is 5.91 Å². The average Bonchev–Trinajstić information content (AvgIpc) is 3.54. The molecule has 36 heavy (non-hydrogen) atoms. The Kier molecular flexibility index (Phi) is 8.20. The Hall–Kier alpha value is -3.46. The summed E-state index contributed by atoms with van der Waals surface area (Å²) in [4.78, 5) is 26.8. The second kappa shape index (κ2) is 11.5. The summed E-state index contributed by atoms with van der Waals surface area (Å²) in [5.74, 6) is 7.72. The SMILES string of the molecule is CC(C)(C)OC(=O)N1CCC[C@@H]1C(=O)Nc1ccc(C#Cc2ccc(OCC3CCCC3)cc2)cc1. The van der Waals surface area contributed by atoms with Crippen LogP contribution in [0.5, 0.6) is 5.75 Å². The van der Waals surface area contributed by atoms with E-state index in [1.165, 1.54) is 30.6 Å². The van der Waals surface area contributed by atoms with Crippen LogP contribution in [0, 0.1) is 17.8 Å². The molecule has 1 heterocycles. The quantitative estimate of drug-likeness (QED) is 0.525. The topological polar surface area (TPSA) is 67.9 Å². The Labute approximate surface area is 214 Å². The van der Waals surface area contributed by atoms with Crippen LogP contribution >= 0.6 is 0 Å². The molecule has 2 aromatic carbocycles. The van der Waals surface area contributed by atoms with Crippen LogP contribution in [0.25, 0.3) is 0 Å². The molecule has 6 heteroatoms. The van der Waals surface area contributed by atoms with Crippen LogP contribution in [0.1, 0.15) is 70.4 Å². The molecule has 0 aromatic heterocycles. The number of ether oxygens (including phenoxy) is 2. The summed E-state index contributed by atoms with van der Waals surface area (Å²) in [6.07, 6.45) is 6.15. The van der Waals surface area contributed by atoms with Crippen LogP contribution in [0.3, 0.4) is 0 Å². The zero-order valence-corrected chi connectivity index (χ0v) is 21.5. The summed E-state index contributed by atoms with van der Waals surface area (Å²) in [5.41, 5.74) is 1.85. The maximum Gasteiger partial charge on any atom is 0.410 e. The number of nitrogens with zero attached hydrogens (tertiary/aromatic N) is 1. The van der Waals surface area contributed by atoms with Crippen LogP contribution in [0.2, 0.25) is 0 Å². The molecule has 2 aromatic rings. The monoisotopic (exact) mass is 488 g/mol. The van der Waals surface area contributed by atoms with Crippen molar-refractivity contribution in [1.82, 2.24) is 4.90 Å². The van der Waals surface area contributed by atoms with E-state index < -0.39 is 17.7 Å². The molecule has 2 amide bonds. The van der Waals surface area contributed by atoms with E-state index >= 15 is 0 Å². The van der Waals surface area contributed by atoms with Gasteiger partial charge in [-0.2, -0.15) is 0 Å². The Morgan fingerprint density at radius 1 is 0.917 bits per heavy atom. The second-order valence-electron chi connectivity index (χ2n) is 10.6. The summed E-state index contributed by atoms with van der Waals surface area (Å²) in [6, 6.07) is 14.8. The van der Waals surface area contributed by atoms with Gasteiger partial charge in [0.05, 0.1) is 6.61 Å². The fourth-order valence-electron chi connectivity index (χ4n) is 4.61. The Morgan fingerprint density at radius 3 is 2.14 bits per heavy atom. The van der Waals surface area contributed by atoms with Gasteiger partial charge in [0.25, 0.3) is 0 Å². The molecule has 4 rings (SSSR count). The minimum Gasteiger partial charge on any atom is -0.493 e. The molecule has 1 N–H and O–H groups in total. The summed E-state index contributed by atoms with van der Waals surface area (Å²) < 4.78 is 11.4. The number of benzene rings is 2. The molecule has 0 unspecified atom stereocenters. The number of anilines is 1. The van der Waals surface area contributed by atoms with Gasteiger partial charge < -0.3 is 14.8 Å². The largest absolute Gasteiger partial charge is 0.493 e. The molecule has 1 saturated carbocycles. The van der Waals surface area contributed by atoms with E-state index in [2.05, 4.69) is 17.2 Å². The maximum atomic E-state index is 12.8. The highest BCUT2D eigenvalue weighted by Gasteiger charge is 2.36. The zero-order chi connectivity index (χ0) is 25.5. The lowest BCUT2D eigenvalue weighted by Gasteiger charge is -2.28. The number of nitrogens with one attached hydrogen (secondary N) is 1. The number of likely N-dealkylation sites (tertiary alicyclic amines) is 1. The molecular formula is C30H36N2O4. The predicted octanol–water partition coefficient (Wildman–Crippen LogP) is 5.99. The third-order valence-corrected chi connectivity index (χ3v) is 6.50. The number of carbonyl (C=O) groups is 2. The average molecular weight is 489 g/mol. The van der Waals surface area contributed by atoms with Crippen LogP contribution < -0.4 is 10.1 Å². The maximum absolute atomic E-state index is 12.8. The summed E-state index contributed by atoms with van der Waals surface area (Å²) in [6.45, 7) is 6.79. The van der Waals surface area contributed by atoms with Crippen molar-refractivity contribution in [3.05, 3.63) is 59.7 Å². The van der Waals surface area contributed by atoms with Gasteiger partial charge in [0.2, 0.25) is 5.91 Å². The van der Waals surface area contributed by atoms with Crippen LogP contribution in [-0.4, -0.2) is 41.7 Å². The fraction of sp³-hybridized carbons (Fsp3) is 0.467. The minimum atomic E-state index is -0.595. The van der Waals surface area contributed by atoms with Crippen LogP contribution in [0.15, 0.2) is 48.5 Å². The van der Waals surface area contributed by atoms with Crippen molar-refractivity contribution in [2.75, 3.05) is 18.5 Å². The van der Waals surface area contributed by atoms with Gasteiger partial charge in [0.15, 0.2) is 0 Å². The van der Waals surface area contributed by atoms with Gasteiger partial charge in [-0.15, -0.1) is 0 Å². The van der Waals surface area contributed by atoms with Crippen molar-refractivity contribution in [3.8, 4) is 17.6 Å². The number of rotatable bonds is 5. The number of amides is 2. The third kappa shape index (κ3) is 7.27. The summed E-state index contributed by atoms with van der Waals surface area (Å²) in [7, 11) is 0. The Balaban J connectivity index is 1.29. The standard InChI is InChI=1S/C30H36N2O4/c1-30(2,3)36-29(34)32-20-6-9-27(32)28(33)31-25-16-12-22(13-17-25)10-11-23-14-18-26(19-15-23)35-21-24-7-4-5-8-24/h12-19,24,27H,4-9,20-21H2,1-3H3,(H,31,33)/t27-/m1/s1. The molecule has 1 aliphatic carbocycles. The van der Waals surface area contributed by atoms with Gasteiger partial charge in [-0.05, 0) is 101 Å². The van der Waals surface area contributed by atoms with E-state index in [1.54, 1.807) is 0 Å². The fourth-order valence-corrected chi connectivity index (χ4v) is 4.61. The highest BCUT2D eigenvalue weighted by Crippen LogP contribution is 2.26. The van der Waals surface area contributed by atoms with E-state index in [0.29, 0.717) is 24.6 Å². The molecule has 0 bridgehead atoms. The number of hydrogen-bond acceptors (Lipinski definition) is 4. The normalized spacial score (nSPS) is 17.9. The molecule has 0 radical (unpaired) electrons. The molecule has 2 fully saturated rings. The molecular weight excluding hydrogens is 452 g/mol. The van der Waals surface area contributed by atoms with Crippen molar-refractivity contribution >= 4 is 17.7 Å². The van der Waals surface area contributed by atoms with Gasteiger partial charge in [0, 0.05) is 23.4 Å². The van der Waals surface area contributed by atoms with E-state index in [4.69, 9.17) is 9.47 Å². The van der Waals surface area contributed by atoms with Crippen molar-refractivity contribution in [3.63, 3.8) is 0 Å². The van der Waals surface area contributed by atoms with E-state index in [0.717, 1.165) is 29.9 Å². The third-order valence-electron chi connectivity index (χ3n) is 6.50. The van der Waals surface area contributed by atoms with Crippen molar-refractivity contribution in [1.29, 1.82) is 0 Å². The lowest BCUT2D eigenvalue weighted by molar-refractivity contribution is -0.120. The van der Waals surface area contributed by atoms with Crippen LogP contribution in [-0.2, 0) is 9.53 Å². The first-order valence-electron chi connectivity index (χ1n) is 12.9. The molecule has 1 aliphatic heterocycles. The van der Waals surface area contributed by atoms with Gasteiger partial charge in [-0.1, -0.05) is 24.7 Å². The van der Waals surface area contributed by atoms with E-state index in [9.17, 15) is 9.59 Å². The van der Waals surface area contributed by atoms with Gasteiger partial charge in [-0.3, -0.25) is 9.69 Å². The first kappa shape index (κ1) is 25.6. The lowest BCUT2D eigenvalue weighted by atomic mass is 10.1. The lowest BCUT2D eigenvalue weighted by Crippen LogP contribution is -2.45. The summed E-state index contributed by atoms with van der Waals surface area (Å²) >= 11 is 0.